The highest BCUT2D eigenvalue weighted by atomic mass is 35.5. The van der Waals surface area contributed by atoms with Crippen LogP contribution in [0.3, 0.4) is 0 Å². The lowest BCUT2D eigenvalue weighted by Crippen LogP contribution is -2.68. The molecule has 3 fully saturated rings. The first-order valence-electron chi connectivity index (χ1n) is 4.79. The molecule has 4 rings (SSSR count). The van der Waals surface area contributed by atoms with E-state index < -0.39 is 11.4 Å². The van der Waals surface area contributed by atoms with E-state index in [-0.39, 0.29) is 10.7 Å². The van der Waals surface area contributed by atoms with Crippen LogP contribution in [0.2, 0.25) is 5.28 Å². The number of aromatic nitrogens is 2. The highest BCUT2D eigenvalue weighted by Gasteiger charge is 2.73. The molecule has 1 heterocycles. The fourth-order valence-electron chi connectivity index (χ4n) is 2.92. The maximum atomic E-state index is 10.9. The van der Waals surface area contributed by atoms with Crippen molar-refractivity contribution in [3.63, 3.8) is 0 Å². The Morgan fingerprint density at radius 3 is 2.67 bits per heavy atom. The third-order valence-corrected chi connectivity index (χ3v) is 3.84. The summed E-state index contributed by atoms with van der Waals surface area (Å²) in [5, 5.41) is 9.23. The van der Waals surface area contributed by atoms with Crippen LogP contribution in [0.5, 0.6) is 0 Å². The highest BCUT2D eigenvalue weighted by molar-refractivity contribution is 6.28. The summed E-state index contributed by atoms with van der Waals surface area (Å²) >= 11 is 5.71. The molecule has 1 N–H and O–H groups in total. The molecule has 0 atom stereocenters. The van der Waals surface area contributed by atoms with Gasteiger partial charge in [-0.3, -0.25) is 4.79 Å². The maximum absolute atomic E-state index is 10.9. The van der Waals surface area contributed by atoms with E-state index in [2.05, 4.69) is 9.97 Å². The van der Waals surface area contributed by atoms with Gasteiger partial charge in [0.1, 0.15) is 0 Å². The van der Waals surface area contributed by atoms with Gasteiger partial charge in [0.15, 0.2) is 0 Å². The summed E-state index contributed by atoms with van der Waals surface area (Å²) < 4.78 is 0. The molecule has 15 heavy (non-hydrogen) atoms. The van der Waals surface area contributed by atoms with E-state index in [1.54, 1.807) is 6.20 Å². The zero-order valence-corrected chi connectivity index (χ0v) is 8.66. The molecule has 1 aromatic rings. The van der Waals surface area contributed by atoms with Gasteiger partial charge in [-0.25, -0.2) is 9.97 Å². The molecule has 0 radical (unpaired) electrons. The van der Waals surface area contributed by atoms with Crippen molar-refractivity contribution < 1.29 is 9.90 Å². The van der Waals surface area contributed by atoms with Crippen molar-refractivity contribution in [3.8, 4) is 0 Å². The minimum atomic E-state index is -0.676. The van der Waals surface area contributed by atoms with Gasteiger partial charge in [0, 0.05) is 11.6 Å². The average Bonchev–Trinajstić information content (AvgIpc) is 1.97. The van der Waals surface area contributed by atoms with Gasteiger partial charge < -0.3 is 5.11 Å². The lowest BCUT2D eigenvalue weighted by molar-refractivity contribution is -0.195. The van der Waals surface area contributed by atoms with Gasteiger partial charge in [-0.2, -0.15) is 0 Å². The van der Waals surface area contributed by atoms with Gasteiger partial charge >= 0.3 is 5.97 Å². The molecule has 78 valence electrons. The van der Waals surface area contributed by atoms with Crippen LogP contribution in [0.1, 0.15) is 25.0 Å². The van der Waals surface area contributed by atoms with Crippen LogP contribution in [0.25, 0.3) is 0 Å². The van der Waals surface area contributed by atoms with E-state index in [1.165, 1.54) is 0 Å². The lowest BCUT2D eigenvalue weighted by Gasteiger charge is -2.67. The first-order chi connectivity index (χ1) is 7.06. The topological polar surface area (TPSA) is 63.1 Å². The first kappa shape index (κ1) is 9.09. The molecule has 0 aromatic carbocycles. The third kappa shape index (κ3) is 1.00. The number of rotatable bonds is 2. The van der Waals surface area contributed by atoms with Crippen molar-refractivity contribution in [2.24, 2.45) is 5.41 Å². The molecule has 0 saturated heterocycles. The number of carboxylic acid groups (broad SMARTS) is 1. The Hall–Kier alpha value is -1.16. The Morgan fingerprint density at radius 2 is 2.13 bits per heavy atom. The predicted molar refractivity (Wildman–Crippen MR) is 52.6 cm³/mol. The van der Waals surface area contributed by atoms with E-state index in [0.717, 1.165) is 5.69 Å². The summed E-state index contributed by atoms with van der Waals surface area (Å²) in [5.74, 6) is -0.676. The second-order valence-corrected chi connectivity index (χ2v) is 4.95. The SMILES string of the molecule is O=C(O)C12CC(c3ccnc(Cl)n3)(C1)C2. The number of hydrogen-bond acceptors (Lipinski definition) is 3. The first-order valence-corrected chi connectivity index (χ1v) is 5.17. The van der Waals surface area contributed by atoms with Gasteiger partial charge in [0.25, 0.3) is 0 Å². The summed E-state index contributed by atoms with van der Waals surface area (Å²) in [6.45, 7) is 0. The minimum absolute atomic E-state index is 0.0228. The van der Waals surface area contributed by atoms with Gasteiger partial charge in [-0.1, -0.05) is 0 Å². The Morgan fingerprint density at radius 1 is 1.47 bits per heavy atom. The van der Waals surface area contributed by atoms with E-state index in [0.29, 0.717) is 19.3 Å². The predicted octanol–water partition coefficient (Wildman–Crippen LogP) is 1.64. The summed E-state index contributed by atoms with van der Waals surface area (Å²) in [5.41, 5.74) is 0.410. The molecule has 3 aliphatic rings. The molecular weight excluding hydrogens is 216 g/mol. The summed E-state index contributed by atoms with van der Waals surface area (Å²) in [7, 11) is 0. The number of aliphatic carboxylic acids is 1. The number of hydrogen-bond donors (Lipinski definition) is 1. The Labute approximate surface area is 91.3 Å². The van der Waals surface area contributed by atoms with Crippen LogP contribution in [0.4, 0.5) is 0 Å². The fourth-order valence-corrected chi connectivity index (χ4v) is 3.06. The molecular formula is C10H9ClN2O2. The molecule has 1 aromatic heterocycles. The van der Waals surface area contributed by atoms with E-state index >= 15 is 0 Å². The molecule has 0 unspecified atom stereocenters. The number of carboxylic acids is 1. The van der Waals surface area contributed by atoms with Crippen LogP contribution in [0, 0.1) is 5.41 Å². The van der Waals surface area contributed by atoms with Gasteiger partial charge in [0.05, 0.1) is 11.1 Å². The molecule has 0 spiro atoms. The largest absolute Gasteiger partial charge is 0.481 e. The quantitative estimate of drug-likeness (QED) is 0.776. The van der Waals surface area contributed by atoms with Crippen molar-refractivity contribution in [1.82, 2.24) is 9.97 Å². The van der Waals surface area contributed by atoms with Crippen LogP contribution in [-0.2, 0) is 10.2 Å². The normalized spacial score (nSPS) is 36.6. The second kappa shape index (κ2) is 2.50. The second-order valence-electron chi connectivity index (χ2n) is 4.61. The number of carbonyl (C=O) groups is 1. The summed E-state index contributed by atoms with van der Waals surface area (Å²) in [4.78, 5) is 18.9. The minimum Gasteiger partial charge on any atom is -0.481 e. The molecule has 5 heteroatoms. The summed E-state index contributed by atoms with van der Waals surface area (Å²) in [6, 6.07) is 1.83. The van der Waals surface area contributed by atoms with E-state index in [9.17, 15) is 4.79 Å². The molecule has 2 bridgehead atoms. The summed E-state index contributed by atoms with van der Waals surface area (Å²) in [6.07, 6.45) is 3.71. The Kier molecular flexibility index (Phi) is 1.51. The van der Waals surface area contributed by atoms with E-state index in [1.807, 2.05) is 6.07 Å². The van der Waals surface area contributed by atoms with E-state index in [4.69, 9.17) is 16.7 Å². The third-order valence-electron chi connectivity index (χ3n) is 3.65. The van der Waals surface area contributed by atoms with Crippen molar-refractivity contribution in [3.05, 3.63) is 23.2 Å². The molecule has 0 aliphatic heterocycles. The van der Waals surface area contributed by atoms with Gasteiger partial charge in [-0.05, 0) is 36.9 Å². The molecule has 4 nitrogen and oxygen atoms in total. The zero-order valence-electron chi connectivity index (χ0n) is 7.90. The molecule has 3 aliphatic carbocycles. The van der Waals surface area contributed by atoms with Crippen molar-refractivity contribution >= 4 is 17.6 Å². The van der Waals surface area contributed by atoms with Crippen LogP contribution < -0.4 is 0 Å². The Balaban J connectivity index is 1.87. The Bertz CT molecular complexity index is 441. The van der Waals surface area contributed by atoms with Crippen molar-refractivity contribution in [2.45, 2.75) is 24.7 Å². The van der Waals surface area contributed by atoms with Crippen LogP contribution in [-0.4, -0.2) is 21.0 Å². The number of halogens is 1. The zero-order chi connectivity index (χ0) is 10.7. The monoisotopic (exact) mass is 224 g/mol. The van der Waals surface area contributed by atoms with Gasteiger partial charge in [-0.15, -0.1) is 0 Å². The van der Waals surface area contributed by atoms with Crippen LogP contribution in [0.15, 0.2) is 12.3 Å². The lowest BCUT2D eigenvalue weighted by atomic mass is 9.34. The van der Waals surface area contributed by atoms with Gasteiger partial charge in [0.2, 0.25) is 5.28 Å². The molecule has 0 amide bonds. The highest BCUT2D eigenvalue weighted by Crippen LogP contribution is 2.73. The standard InChI is InChI=1S/C10H9ClN2O2/c11-8-12-2-1-6(13-8)9-3-10(4-9,5-9)7(14)15/h1-2H,3-5H2,(H,14,15). The fraction of sp³-hybridized carbons (Fsp3) is 0.500. The smallest absolute Gasteiger partial charge is 0.309 e. The van der Waals surface area contributed by atoms with Crippen LogP contribution >= 0.6 is 11.6 Å². The number of nitrogens with zero attached hydrogens (tertiary/aromatic N) is 2. The molecule has 3 saturated carbocycles. The maximum Gasteiger partial charge on any atom is 0.309 e. The average molecular weight is 225 g/mol. The van der Waals surface area contributed by atoms with Crippen molar-refractivity contribution in [2.75, 3.05) is 0 Å². The van der Waals surface area contributed by atoms with Crippen molar-refractivity contribution in [1.29, 1.82) is 0 Å².